The van der Waals surface area contributed by atoms with Crippen LogP contribution in [0.2, 0.25) is 5.02 Å². The summed E-state index contributed by atoms with van der Waals surface area (Å²) in [7, 11) is 0. The summed E-state index contributed by atoms with van der Waals surface area (Å²) < 4.78 is 15.9. The van der Waals surface area contributed by atoms with E-state index in [4.69, 9.17) is 11.6 Å². The number of hydrogen-bond acceptors (Lipinski definition) is 4. The highest BCUT2D eigenvalue weighted by Crippen LogP contribution is 2.30. The van der Waals surface area contributed by atoms with Crippen molar-refractivity contribution in [2.24, 2.45) is 0 Å². The lowest BCUT2D eigenvalue weighted by Crippen LogP contribution is -2.43. The molecule has 1 heterocycles. The Labute approximate surface area is 246 Å². The SMILES string of the molecule is O=CNc1cn(CC(=O)N(CC(=O)NCc2cccc(Cl)c2F)C2CC2)c2ccc(C(=O)NCc3ccccc3)cc12. The maximum atomic E-state index is 14.2. The first-order valence-corrected chi connectivity index (χ1v) is 13.9. The molecule has 3 aromatic carbocycles. The summed E-state index contributed by atoms with van der Waals surface area (Å²) in [5, 5.41) is 8.76. The molecule has 42 heavy (non-hydrogen) atoms. The Balaban J connectivity index is 1.28. The zero-order valence-corrected chi connectivity index (χ0v) is 23.4. The van der Waals surface area contributed by atoms with Gasteiger partial charge < -0.3 is 25.4 Å². The largest absolute Gasteiger partial charge is 0.350 e. The molecule has 1 saturated carbocycles. The number of carbonyl (C=O) groups is 4. The maximum absolute atomic E-state index is 14.2. The number of amides is 4. The molecule has 9 nitrogen and oxygen atoms in total. The van der Waals surface area contributed by atoms with Gasteiger partial charge in [0.1, 0.15) is 12.4 Å². The third-order valence-corrected chi connectivity index (χ3v) is 7.38. The van der Waals surface area contributed by atoms with Crippen molar-refractivity contribution in [1.82, 2.24) is 20.1 Å². The van der Waals surface area contributed by atoms with E-state index < -0.39 is 11.7 Å². The number of halogens is 2. The van der Waals surface area contributed by atoms with Crippen molar-refractivity contribution < 1.29 is 23.6 Å². The van der Waals surface area contributed by atoms with Crippen LogP contribution in [0.25, 0.3) is 10.9 Å². The second-order valence-corrected chi connectivity index (χ2v) is 10.5. The van der Waals surface area contributed by atoms with E-state index in [1.165, 1.54) is 17.0 Å². The van der Waals surface area contributed by atoms with Crippen LogP contribution in [0.4, 0.5) is 10.1 Å². The van der Waals surface area contributed by atoms with E-state index in [9.17, 15) is 23.6 Å². The number of fused-ring (bicyclic) bond motifs is 1. The highest BCUT2D eigenvalue weighted by atomic mass is 35.5. The van der Waals surface area contributed by atoms with Gasteiger partial charge in [-0.15, -0.1) is 0 Å². The number of nitrogens with zero attached hydrogens (tertiary/aromatic N) is 2. The smallest absolute Gasteiger partial charge is 0.251 e. The van der Waals surface area contributed by atoms with Crippen LogP contribution in [-0.2, 0) is 34.0 Å². The first-order chi connectivity index (χ1) is 20.3. The lowest BCUT2D eigenvalue weighted by molar-refractivity contribution is -0.137. The summed E-state index contributed by atoms with van der Waals surface area (Å²) in [5.41, 5.74) is 2.71. The Hall–Kier alpha value is -4.70. The van der Waals surface area contributed by atoms with Crippen molar-refractivity contribution in [2.45, 2.75) is 38.5 Å². The molecule has 11 heteroatoms. The van der Waals surface area contributed by atoms with Crippen LogP contribution >= 0.6 is 11.6 Å². The standard InChI is InChI=1S/C31H29ClFN5O4/c32-25-8-4-7-22(30(25)33)15-34-28(40)17-38(23-10-11-23)29(41)18-37-16-26(36-19-39)24-13-21(9-12-27(24)37)31(42)35-14-20-5-2-1-3-6-20/h1-9,12-13,16,19,23H,10-11,14-15,17-18H2,(H,34,40)(H,35,42)(H,36,39). The van der Waals surface area contributed by atoms with Crippen LogP contribution in [-0.4, -0.2) is 46.2 Å². The van der Waals surface area contributed by atoms with Crippen LogP contribution in [0.15, 0.2) is 72.9 Å². The van der Waals surface area contributed by atoms with Crippen molar-refractivity contribution >= 4 is 52.3 Å². The molecule has 3 N–H and O–H groups in total. The van der Waals surface area contributed by atoms with Gasteiger partial charge in [-0.1, -0.05) is 54.1 Å². The molecule has 0 radical (unpaired) electrons. The first-order valence-electron chi connectivity index (χ1n) is 13.5. The Bertz CT molecular complexity index is 1640. The quantitative estimate of drug-likeness (QED) is 0.215. The zero-order chi connectivity index (χ0) is 29.6. The van der Waals surface area contributed by atoms with E-state index in [1.807, 2.05) is 30.3 Å². The van der Waals surface area contributed by atoms with Crippen LogP contribution in [0.1, 0.15) is 34.3 Å². The summed E-state index contributed by atoms with van der Waals surface area (Å²) >= 11 is 5.82. The molecule has 4 aromatic rings. The summed E-state index contributed by atoms with van der Waals surface area (Å²) in [5.74, 6) is -1.56. The van der Waals surface area contributed by atoms with E-state index >= 15 is 0 Å². The number of benzene rings is 3. The van der Waals surface area contributed by atoms with E-state index in [1.54, 1.807) is 35.0 Å². The summed E-state index contributed by atoms with van der Waals surface area (Å²) in [6.07, 6.45) is 3.74. The van der Waals surface area contributed by atoms with E-state index in [0.29, 0.717) is 35.1 Å². The van der Waals surface area contributed by atoms with Crippen molar-refractivity contribution in [3.05, 3.63) is 100 Å². The number of nitrogens with one attached hydrogen (secondary N) is 3. The van der Waals surface area contributed by atoms with Crippen LogP contribution in [0.3, 0.4) is 0 Å². The molecule has 1 aliphatic rings. The second kappa shape index (κ2) is 12.9. The minimum atomic E-state index is -0.592. The average molecular weight is 590 g/mol. The molecule has 0 atom stereocenters. The maximum Gasteiger partial charge on any atom is 0.251 e. The van der Waals surface area contributed by atoms with E-state index in [-0.39, 0.29) is 48.1 Å². The summed E-state index contributed by atoms with van der Waals surface area (Å²) in [4.78, 5) is 51.8. The molecule has 4 amide bonds. The fourth-order valence-electron chi connectivity index (χ4n) is 4.76. The normalized spacial score (nSPS) is 12.5. The second-order valence-electron chi connectivity index (χ2n) is 10.1. The minimum Gasteiger partial charge on any atom is -0.350 e. The van der Waals surface area contributed by atoms with Gasteiger partial charge >= 0.3 is 0 Å². The fraction of sp³-hybridized carbons (Fsp3) is 0.226. The number of anilines is 1. The number of hydrogen-bond donors (Lipinski definition) is 3. The number of carbonyl (C=O) groups excluding carboxylic acids is 4. The molecule has 0 spiro atoms. The number of rotatable bonds is 12. The number of aromatic nitrogens is 1. The van der Waals surface area contributed by atoms with Crippen molar-refractivity contribution in [2.75, 3.05) is 11.9 Å². The van der Waals surface area contributed by atoms with E-state index in [0.717, 1.165) is 18.4 Å². The van der Waals surface area contributed by atoms with Gasteiger partial charge in [0.15, 0.2) is 0 Å². The van der Waals surface area contributed by atoms with E-state index in [2.05, 4.69) is 16.0 Å². The Morgan fingerprint density at radius 1 is 1.00 bits per heavy atom. The molecule has 216 valence electrons. The predicted molar refractivity (Wildman–Crippen MR) is 157 cm³/mol. The van der Waals surface area contributed by atoms with Gasteiger partial charge in [0, 0.05) is 41.8 Å². The minimum absolute atomic E-state index is 0.0288. The van der Waals surface area contributed by atoms with Crippen molar-refractivity contribution in [1.29, 1.82) is 0 Å². The van der Waals surface area contributed by atoms with Gasteiger partial charge in [-0.25, -0.2) is 4.39 Å². The lowest BCUT2D eigenvalue weighted by Gasteiger charge is -2.22. The molecule has 0 unspecified atom stereocenters. The fourth-order valence-corrected chi connectivity index (χ4v) is 4.96. The predicted octanol–water partition coefficient (Wildman–Crippen LogP) is 4.24. The Morgan fingerprint density at radius 3 is 2.52 bits per heavy atom. The summed E-state index contributed by atoms with van der Waals surface area (Å²) in [6.45, 7) is 0.0623. The topological polar surface area (TPSA) is 113 Å². The van der Waals surface area contributed by atoms with Crippen molar-refractivity contribution in [3.8, 4) is 0 Å². The molecule has 5 rings (SSSR count). The zero-order valence-electron chi connectivity index (χ0n) is 22.6. The molecule has 1 fully saturated rings. The highest BCUT2D eigenvalue weighted by molar-refractivity contribution is 6.30. The molecule has 1 aromatic heterocycles. The first kappa shape index (κ1) is 28.8. The highest BCUT2D eigenvalue weighted by Gasteiger charge is 2.34. The molecular formula is C31H29ClFN5O4. The molecule has 1 aliphatic carbocycles. The van der Waals surface area contributed by atoms with Gasteiger partial charge in [0.05, 0.1) is 22.8 Å². The van der Waals surface area contributed by atoms with Crippen LogP contribution in [0, 0.1) is 5.82 Å². The summed E-state index contributed by atoms with van der Waals surface area (Å²) in [6, 6.07) is 19.1. The molecule has 0 bridgehead atoms. The Kier molecular flexibility index (Phi) is 8.83. The third kappa shape index (κ3) is 6.77. The monoisotopic (exact) mass is 589 g/mol. The molecular weight excluding hydrogens is 561 g/mol. The van der Waals surface area contributed by atoms with Gasteiger partial charge in [-0.2, -0.15) is 0 Å². The van der Waals surface area contributed by atoms with Gasteiger partial charge in [-0.3, -0.25) is 19.2 Å². The van der Waals surface area contributed by atoms with Crippen LogP contribution < -0.4 is 16.0 Å². The van der Waals surface area contributed by atoms with Gasteiger partial charge in [0.25, 0.3) is 5.91 Å². The molecule has 0 aliphatic heterocycles. The van der Waals surface area contributed by atoms with Crippen molar-refractivity contribution in [3.63, 3.8) is 0 Å². The van der Waals surface area contributed by atoms with Gasteiger partial charge in [0.2, 0.25) is 18.2 Å². The van der Waals surface area contributed by atoms with Gasteiger partial charge in [-0.05, 0) is 42.7 Å². The lowest BCUT2D eigenvalue weighted by atomic mass is 10.1. The average Bonchev–Trinajstić information content (AvgIpc) is 3.79. The Morgan fingerprint density at radius 2 is 1.79 bits per heavy atom. The third-order valence-electron chi connectivity index (χ3n) is 7.09. The molecule has 0 saturated heterocycles. The van der Waals surface area contributed by atoms with Crippen LogP contribution in [0.5, 0.6) is 0 Å².